The summed E-state index contributed by atoms with van der Waals surface area (Å²) in [5.74, 6) is 0. The van der Waals surface area contributed by atoms with Crippen LogP contribution in [0.2, 0.25) is 38.3 Å². The molecule has 0 aromatic rings. The Morgan fingerprint density at radius 3 is 2.06 bits per heavy atom. The van der Waals surface area contributed by atoms with Crippen molar-refractivity contribution in [3.63, 3.8) is 0 Å². The Hall–Kier alpha value is 0.354. The second-order valence-corrected chi connectivity index (χ2v) is 15.9. The maximum absolute atomic E-state index is 6.12. The molecule has 0 aromatic heterocycles. The molecule has 0 amide bonds. The molecule has 4 heteroatoms. The van der Waals surface area contributed by atoms with Crippen molar-refractivity contribution < 1.29 is 9.16 Å². The summed E-state index contributed by atoms with van der Waals surface area (Å²) in [6.07, 6.45) is 3.39. The van der Waals surface area contributed by atoms with Crippen LogP contribution in [0.5, 0.6) is 0 Å². The van der Waals surface area contributed by atoms with Gasteiger partial charge in [-0.25, -0.2) is 0 Å². The molecular formula is C13H32O2Si2. The van der Waals surface area contributed by atoms with Crippen molar-refractivity contribution in [2.45, 2.75) is 65.0 Å². The van der Waals surface area contributed by atoms with E-state index in [-0.39, 0.29) is 0 Å². The van der Waals surface area contributed by atoms with E-state index < -0.39 is 16.4 Å². The van der Waals surface area contributed by atoms with Crippen LogP contribution in [0.15, 0.2) is 0 Å². The monoisotopic (exact) mass is 276 g/mol. The van der Waals surface area contributed by atoms with Crippen LogP contribution in [0.3, 0.4) is 0 Å². The van der Waals surface area contributed by atoms with Gasteiger partial charge in [0.25, 0.3) is 0 Å². The molecule has 104 valence electrons. The van der Waals surface area contributed by atoms with Crippen molar-refractivity contribution in [2.24, 2.45) is 0 Å². The molecule has 0 heterocycles. The Morgan fingerprint density at radius 1 is 0.941 bits per heavy atom. The summed E-state index contributed by atoms with van der Waals surface area (Å²) in [6, 6.07) is 2.67. The molecule has 0 N–H and O–H groups in total. The Balaban J connectivity index is 3.85. The van der Waals surface area contributed by atoms with Crippen LogP contribution in [-0.4, -0.2) is 35.8 Å². The fourth-order valence-corrected chi connectivity index (χ4v) is 6.41. The van der Waals surface area contributed by atoms with E-state index in [2.05, 4.69) is 40.0 Å². The molecule has 0 saturated heterocycles. The standard InChI is InChI=1S/C13H32O2Si2/c1-7-10-14-11-9-12-17(6,8-2)13-15-16(3,4)5/h7-13H2,1-6H3. The predicted octanol–water partition coefficient (Wildman–Crippen LogP) is 4.29. The van der Waals surface area contributed by atoms with Crippen molar-refractivity contribution in [3.05, 3.63) is 0 Å². The Labute approximate surface area is 110 Å². The van der Waals surface area contributed by atoms with Gasteiger partial charge in [-0.05, 0) is 32.5 Å². The van der Waals surface area contributed by atoms with Crippen molar-refractivity contribution in [3.8, 4) is 0 Å². The predicted molar refractivity (Wildman–Crippen MR) is 81.9 cm³/mol. The first-order chi connectivity index (χ1) is 7.83. The van der Waals surface area contributed by atoms with Gasteiger partial charge in [0.1, 0.15) is 0 Å². The topological polar surface area (TPSA) is 18.5 Å². The summed E-state index contributed by atoms with van der Waals surface area (Å²) in [6.45, 7) is 15.6. The molecule has 1 atom stereocenters. The first kappa shape index (κ1) is 17.4. The van der Waals surface area contributed by atoms with E-state index >= 15 is 0 Å². The number of rotatable bonds is 10. The lowest BCUT2D eigenvalue weighted by Gasteiger charge is -2.29. The summed E-state index contributed by atoms with van der Waals surface area (Å²) in [5, 5.41) is 0. The molecule has 0 spiro atoms. The number of hydrogen-bond donors (Lipinski definition) is 0. The Bertz CT molecular complexity index is 192. The number of ether oxygens (including phenoxy) is 1. The SMILES string of the molecule is CCCOCCC[Si](C)(CC)CO[Si](C)(C)C. The molecular weight excluding hydrogens is 244 g/mol. The molecule has 0 rings (SSSR count). The van der Waals surface area contributed by atoms with Gasteiger partial charge >= 0.3 is 0 Å². The van der Waals surface area contributed by atoms with E-state index in [1.807, 2.05) is 0 Å². The van der Waals surface area contributed by atoms with Gasteiger partial charge in [-0.1, -0.05) is 32.5 Å². The molecule has 17 heavy (non-hydrogen) atoms. The van der Waals surface area contributed by atoms with E-state index in [1.54, 1.807) is 0 Å². The largest absolute Gasteiger partial charge is 0.421 e. The minimum atomic E-state index is -1.34. The highest BCUT2D eigenvalue weighted by Gasteiger charge is 2.27. The third kappa shape index (κ3) is 10.0. The lowest BCUT2D eigenvalue weighted by atomic mass is 10.5. The highest BCUT2D eigenvalue weighted by molar-refractivity contribution is 6.80. The second-order valence-electron chi connectivity index (χ2n) is 6.28. The first-order valence-corrected chi connectivity index (χ1v) is 13.6. The normalized spacial score (nSPS) is 15.9. The average Bonchev–Trinajstić information content (AvgIpc) is 2.25. The van der Waals surface area contributed by atoms with Gasteiger partial charge in [0.15, 0.2) is 8.32 Å². The Kier molecular flexibility index (Phi) is 8.63. The van der Waals surface area contributed by atoms with Crippen LogP contribution in [0.4, 0.5) is 0 Å². The van der Waals surface area contributed by atoms with Crippen LogP contribution < -0.4 is 0 Å². The summed E-state index contributed by atoms with van der Waals surface area (Å²) in [4.78, 5) is 0. The molecule has 1 unspecified atom stereocenters. The third-order valence-corrected chi connectivity index (χ3v) is 8.53. The molecule has 0 saturated carbocycles. The van der Waals surface area contributed by atoms with E-state index in [0.29, 0.717) is 0 Å². The minimum absolute atomic E-state index is 0.912. The van der Waals surface area contributed by atoms with Crippen molar-refractivity contribution in [1.82, 2.24) is 0 Å². The maximum Gasteiger partial charge on any atom is 0.183 e. The smallest absolute Gasteiger partial charge is 0.183 e. The molecule has 0 aliphatic carbocycles. The molecule has 0 aliphatic rings. The van der Waals surface area contributed by atoms with Crippen LogP contribution in [0, 0.1) is 0 Å². The van der Waals surface area contributed by atoms with E-state index in [1.165, 1.54) is 18.5 Å². The lowest BCUT2D eigenvalue weighted by Crippen LogP contribution is -2.41. The molecule has 0 fully saturated rings. The fourth-order valence-electron chi connectivity index (χ4n) is 1.59. The third-order valence-electron chi connectivity index (χ3n) is 3.12. The second kappa shape index (κ2) is 8.45. The van der Waals surface area contributed by atoms with E-state index in [0.717, 1.165) is 25.9 Å². The van der Waals surface area contributed by atoms with Gasteiger partial charge in [-0.15, -0.1) is 0 Å². The van der Waals surface area contributed by atoms with Gasteiger partial charge < -0.3 is 9.16 Å². The quantitative estimate of drug-likeness (QED) is 0.438. The molecule has 0 bridgehead atoms. The molecule has 0 aliphatic heterocycles. The molecule has 0 aromatic carbocycles. The lowest BCUT2D eigenvalue weighted by molar-refractivity contribution is 0.135. The minimum Gasteiger partial charge on any atom is -0.421 e. The van der Waals surface area contributed by atoms with Gasteiger partial charge in [0.05, 0.1) is 8.07 Å². The summed E-state index contributed by atoms with van der Waals surface area (Å²) < 4.78 is 11.7. The highest BCUT2D eigenvalue weighted by atomic mass is 28.4. The van der Waals surface area contributed by atoms with Gasteiger partial charge in [-0.2, -0.15) is 0 Å². The highest BCUT2D eigenvalue weighted by Crippen LogP contribution is 2.20. The zero-order valence-electron chi connectivity index (χ0n) is 12.8. The van der Waals surface area contributed by atoms with E-state index in [9.17, 15) is 0 Å². The van der Waals surface area contributed by atoms with E-state index in [4.69, 9.17) is 9.16 Å². The number of hydrogen-bond acceptors (Lipinski definition) is 2. The van der Waals surface area contributed by atoms with Crippen LogP contribution in [0.1, 0.15) is 26.7 Å². The zero-order chi connectivity index (χ0) is 13.4. The van der Waals surface area contributed by atoms with Crippen molar-refractivity contribution in [2.75, 3.05) is 19.4 Å². The fraction of sp³-hybridized carbons (Fsp3) is 1.00. The van der Waals surface area contributed by atoms with Crippen molar-refractivity contribution >= 4 is 16.4 Å². The maximum atomic E-state index is 6.12. The van der Waals surface area contributed by atoms with Crippen molar-refractivity contribution in [1.29, 1.82) is 0 Å². The summed E-state index contributed by atoms with van der Waals surface area (Å²) in [7, 11) is -2.50. The zero-order valence-corrected chi connectivity index (χ0v) is 14.8. The summed E-state index contributed by atoms with van der Waals surface area (Å²) >= 11 is 0. The van der Waals surface area contributed by atoms with Gasteiger partial charge in [0, 0.05) is 19.4 Å². The molecule has 0 radical (unpaired) electrons. The van der Waals surface area contributed by atoms with Gasteiger partial charge in [-0.3, -0.25) is 0 Å². The molecule has 2 nitrogen and oxygen atoms in total. The summed E-state index contributed by atoms with van der Waals surface area (Å²) in [5.41, 5.74) is 0. The van der Waals surface area contributed by atoms with Crippen LogP contribution in [0.25, 0.3) is 0 Å². The average molecular weight is 277 g/mol. The van der Waals surface area contributed by atoms with Crippen LogP contribution in [-0.2, 0) is 9.16 Å². The van der Waals surface area contributed by atoms with Gasteiger partial charge in [0.2, 0.25) is 0 Å². The van der Waals surface area contributed by atoms with Crippen LogP contribution >= 0.6 is 0 Å². The Morgan fingerprint density at radius 2 is 1.59 bits per heavy atom. The first-order valence-electron chi connectivity index (χ1n) is 7.05.